The number of carbonyl (C=O) groups is 2. The van der Waals surface area contributed by atoms with Crippen LogP contribution in [0.25, 0.3) is 11.1 Å². The third-order valence-corrected chi connectivity index (χ3v) is 5.27. The van der Waals surface area contributed by atoms with E-state index in [9.17, 15) is 9.59 Å². The topological polar surface area (TPSA) is 55.4 Å². The Hall–Kier alpha value is -2.62. The van der Waals surface area contributed by atoms with E-state index in [-0.39, 0.29) is 5.91 Å². The Balaban J connectivity index is 1.63. The standard InChI is InChI=1S/C23H27NO3/c1-27-23(26)21(24-22(25)16-17-7-5-6-8-17)15-18-11-13-20(14-12-18)19-9-3-2-4-10-19/h2-4,9-14,17,21H,5-8,15-16H2,1H3,(H,24,25)/t21-/m1/s1. The molecule has 0 aliphatic heterocycles. The number of amides is 1. The Bertz CT molecular complexity index is 749. The summed E-state index contributed by atoms with van der Waals surface area (Å²) in [6, 6.07) is 17.6. The van der Waals surface area contributed by atoms with Crippen molar-refractivity contribution in [3.63, 3.8) is 0 Å². The first-order valence-corrected chi connectivity index (χ1v) is 9.67. The van der Waals surface area contributed by atoms with Gasteiger partial charge in [0.1, 0.15) is 6.04 Å². The summed E-state index contributed by atoms with van der Waals surface area (Å²) in [5.41, 5.74) is 3.27. The maximum Gasteiger partial charge on any atom is 0.328 e. The zero-order valence-corrected chi connectivity index (χ0v) is 15.8. The molecule has 0 heterocycles. The quantitative estimate of drug-likeness (QED) is 0.751. The Morgan fingerprint density at radius 1 is 1.00 bits per heavy atom. The van der Waals surface area contributed by atoms with E-state index in [1.165, 1.54) is 20.0 Å². The SMILES string of the molecule is COC(=O)[C@@H](Cc1ccc(-c2ccccc2)cc1)NC(=O)CC1CCCC1. The summed E-state index contributed by atoms with van der Waals surface area (Å²) in [5, 5.41) is 2.88. The molecule has 1 aliphatic carbocycles. The molecule has 1 N–H and O–H groups in total. The van der Waals surface area contributed by atoms with Crippen molar-refractivity contribution < 1.29 is 14.3 Å². The van der Waals surface area contributed by atoms with E-state index in [0.717, 1.165) is 29.5 Å². The molecule has 2 aromatic carbocycles. The van der Waals surface area contributed by atoms with E-state index in [4.69, 9.17) is 4.74 Å². The molecule has 1 aliphatic rings. The number of hydrogen-bond acceptors (Lipinski definition) is 3. The van der Waals surface area contributed by atoms with Gasteiger partial charge in [0.05, 0.1) is 7.11 Å². The molecule has 27 heavy (non-hydrogen) atoms. The molecular formula is C23H27NO3. The predicted molar refractivity (Wildman–Crippen MR) is 106 cm³/mol. The molecule has 0 radical (unpaired) electrons. The second kappa shape index (κ2) is 9.36. The average molecular weight is 365 g/mol. The van der Waals surface area contributed by atoms with Gasteiger partial charge in [-0.1, -0.05) is 67.4 Å². The molecule has 1 atom stereocenters. The van der Waals surface area contributed by atoms with Crippen LogP contribution in [0.1, 0.15) is 37.7 Å². The third kappa shape index (κ3) is 5.43. The Kier molecular flexibility index (Phi) is 6.64. The molecule has 2 aromatic rings. The van der Waals surface area contributed by atoms with Gasteiger partial charge in [0.25, 0.3) is 0 Å². The number of nitrogens with one attached hydrogen (secondary N) is 1. The van der Waals surface area contributed by atoms with Crippen LogP contribution in [-0.2, 0) is 20.7 Å². The van der Waals surface area contributed by atoms with E-state index in [0.29, 0.717) is 18.8 Å². The van der Waals surface area contributed by atoms with Crippen molar-refractivity contribution in [3.05, 3.63) is 60.2 Å². The first kappa shape index (κ1) is 19.2. The number of hydrogen-bond donors (Lipinski definition) is 1. The fourth-order valence-electron chi connectivity index (χ4n) is 3.77. The van der Waals surface area contributed by atoms with E-state index in [1.807, 2.05) is 42.5 Å². The van der Waals surface area contributed by atoms with Crippen LogP contribution in [0.4, 0.5) is 0 Å². The Morgan fingerprint density at radius 3 is 2.26 bits per heavy atom. The van der Waals surface area contributed by atoms with Crippen molar-refractivity contribution in [1.82, 2.24) is 5.32 Å². The van der Waals surface area contributed by atoms with Crippen LogP contribution in [0, 0.1) is 5.92 Å². The van der Waals surface area contributed by atoms with Crippen LogP contribution >= 0.6 is 0 Å². The molecule has 142 valence electrons. The van der Waals surface area contributed by atoms with Gasteiger partial charge >= 0.3 is 5.97 Å². The summed E-state index contributed by atoms with van der Waals surface area (Å²) in [7, 11) is 1.36. The second-order valence-electron chi connectivity index (χ2n) is 7.26. The first-order chi connectivity index (χ1) is 13.2. The van der Waals surface area contributed by atoms with E-state index in [1.54, 1.807) is 0 Å². The van der Waals surface area contributed by atoms with Crippen LogP contribution in [0.2, 0.25) is 0 Å². The summed E-state index contributed by atoms with van der Waals surface area (Å²) in [6.07, 6.45) is 5.55. The average Bonchev–Trinajstić information content (AvgIpc) is 3.21. The molecule has 1 saturated carbocycles. The first-order valence-electron chi connectivity index (χ1n) is 9.67. The van der Waals surface area contributed by atoms with Gasteiger partial charge in [-0.05, 0) is 35.4 Å². The van der Waals surface area contributed by atoms with Gasteiger partial charge in [0, 0.05) is 12.8 Å². The maximum atomic E-state index is 12.3. The van der Waals surface area contributed by atoms with E-state index in [2.05, 4.69) is 17.4 Å². The van der Waals surface area contributed by atoms with Gasteiger partial charge in [-0.25, -0.2) is 4.79 Å². The number of benzene rings is 2. The van der Waals surface area contributed by atoms with Crippen molar-refractivity contribution >= 4 is 11.9 Å². The fraction of sp³-hybridized carbons (Fsp3) is 0.391. The van der Waals surface area contributed by atoms with Crippen LogP contribution in [0.5, 0.6) is 0 Å². The molecule has 0 bridgehead atoms. The van der Waals surface area contributed by atoms with Crippen LogP contribution in [0.3, 0.4) is 0 Å². The smallest absolute Gasteiger partial charge is 0.328 e. The minimum absolute atomic E-state index is 0.0572. The van der Waals surface area contributed by atoms with Crippen molar-refractivity contribution in [2.45, 2.75) is 44.6 Å². The lowest BCUT2D eigenvalue weighted by Gasteiger charge is -2.18. The highest BCUT2D eigenvalue weighted by atomic mass is 16.5. The van der Waals surface area contributed by atoms with Crippen molar-refractivity contribution in [3.8, 4) is 11.1 Å². The number of esters is 1. The minimum Gasteiger partial charge on any atom is -0.467 e. The molecule has 4 nitrogen and oxygen atoms in total. The summed E-state index contributed by atoms with van der Waals surface area (Å²) >= 11 is 0. The molecule has 3 rings (SSSR count). The van der Waals surface area contributed by atoms with Crippen LogP contribution in [-0.4, -0.2) is 25.0 Å². The highest BCUT2D eigenvalue weighted by molar-refractivity contribution is 5.84. The molecule has 1 fully saturated rings. The molecular weight excluding hydrogens is 338 g/mol. The summed E-state index contributed by atoms with van der Waals surface area (Å²) < 4.78 is 4.89. The molecule has 1 amide bonds. The maximum absolute atomic E-state index is 12.3. The zero-order valence-electron chi connectivity index (χ0n) is 15.8. The van der Waals surface area contributed by atoms with Gasteiger partial charge in [-0.15, -0.1) is 0 Å². The van der Waals surface area contributed by atoms with Crippen LogP contribution < -0.4 is 5.32 Å². The highest BCUT2D eigenvalue weighted by Gasteiger charge is 2.24. The second-order valence-corrected chi connectivity index (χ2v) is 7.26. The number of rotatable bonds is 7. The van der Waals surface area contributed by atoms with Gasteiger partial charge in [0.2, 0.25) is 5.91 Å². The Morgan fingerprint density at radius 2 is 1.63 bits per heavy atom. The molecule has 0 unspecified atom stereocenters. The number of ether oxygens (including phenoxy) is 1. The van der Waals surface area contributed by atoms with Crippen molar-refractivity contribution in [2.24, 2.45) is 5.92 Å². The molecule has 0 saturated heterocycles. The molecule has 0 aromatic heterocycles. The molecule has 0 spiro atoms. The Labute approximate surface area is 160 Å². The van der Waals surface area contributed by atoms with E-state index < -0.39 is 12.0 Å². The van der Waals surface area contributed by atoms with Crippen molar-refractivity contribution in [2.75, 3.05) is 7.11 Å². The zero-order chi connectivity index (χ0) is 19.1. The minimum atomic E-state index is -0.647. The number of carbonyl (C=O) groups excluding carboxylic acids is 2. The van der Waals surface area contributed by atoms with Gasteiger partial charge in [-0.3, -0.25) is 4.79 Å². The van der Waals surface area contributed by atoms with Crippen LogP contribution in [0.15, 0.2) is 54.6 Å². The summed E-state index contributed by atoms with van der Waals surface area (Å²) in [6.45, 7) is 0. The third-order valence-electron chi connectivity index (χ3n) is 5.27. The normalized spacial score (nSPS) is 15.3. The van der Waals surface area contributed by atoms with Gasteiger partial charge in [0.15, 0.2) is 0 Å². The largest absolute Gasteiger partial charge is 0.467 e. The summed E-state index contributed by atoms with van der Waals surface area (Å²) in [4.78, 5) is 24.5. The van der Waals surface area contributed by atoms with Crippen molar-refractivity contribution in [1.29, 1.82) is 0 Å². The fourth-order valence-corrected chi connectivity index (χ4v) is 3.77. The van der Waals surface area contributed by atoms with Gasteiger partial charge < -0.3 is 10.1 Å². The predicted octanol–water partition coefficient (Wildman–Crippen LogP) is 4.13. The lowest BCUT2D eigenvalue weighted by molar-refractivity contribution is -0.145. The van der Waals surface area contributed by atoms with E-state index >= 15 is 0 Å². The highest BCUT2D eigenvalue weighted by Crippen LogP contribution is 2.27. The summed E-state index contributed by atoms with van der Waals surface area (Å²) in [5.74, 6) is -0.00596. The lowest BCUT2D eigenvalue weighted by atomic mass is 10.00. The number of methoxy groups -OCH3 is 1. The molecule has 4 heteroatoms. The lowest BCUT2D eigenvalue weighted by Crippen LogP contribution is -2.43. The monoisotopic (exact) mass is 365 g/mol. The van der Waals surface area contributed by atoms with Gasteiger partial charge in [-0.2, -0.15) is 0 Å².